The highest BCUT2D eigenvalue weighted by atomic mass is 16.5. The van der Waals surface area contributed by atoms with Crippen LogP contribution in [0, 0.1) is 11.8 Å². The van der Waals surface area contributed by atoms with E-state index < -0.39 is 0 Å². The van der Waals surface area contributed by atoms with Crippen LogP contribution in [0.25, 0.3) is 0 Å². The molecule has 1 saturated heterocycles. The molecule has 0 amide bonds. The van der Waals surface area contributed by atoms with Gasteiger partial charge in [0.25, 0.3) is 0 Å². The van der Waals surface area contributed by atoms with Gasteiger partial charge in [0.1, 0.15) is 5.82 Å². The van der Waals surface area contributed by atoms with Crippen molar-refractivity contribution in [2.75, 3.05) is 44.3 Å². The molecule has 1 fully saturated rings. The van der Waals surface area contributed by atoms with Gasteiger partial charge in [-0.05, 0) is 56.9 Å². The van der Waals surface area contributed by atoms with Crippen molar-refractivity contribution in [3.63, 3.8) is 0 Å². The number of aromatic nitrogens is 1. The molecule has 1 aromatic heterocycles. The second kappa shape index (κ2) is 7.50. The summed E-state index contributed by atoms with van der Waals surface area (Å²) < 4.78 is 5.66. The molecule has 0 bridgehead atoms. The summed E-state index contributed by atoms with van der Waals surface area (Å²) in [7, 11) is 2.18. The zero-order valence-corrected chi connectivity index (χ0v) is 13.4. The molecule has 0 aromatic carbocycles. The highest BCUT2D eigenvalue weighted by Crippen LogP contribution is 2.22. The molecule has 0 atom stereocenters. The number of nitrogen functional groups attached to an aromatic ring is 1. The number of pyridine rings is 1. The van der Waals surface area contributed by atoms with Crippen LogP contribution in [0.4, 0.5) is 11.5 Å². The molecule has 5 nitrogen and oxygen atoms in total. The smallest absolute Gasteiger partial charge is 0.239 e. The molecule has 0 radical (unpaired) electrons. The number of hydrogen-bond donors (Lipinski definition) is 2. The number of rotatable bonds is 6. The number of anilines is 2. The van der Waals surface area contributed by atoms with Gasteiger partial charge in [-0.2, -0.15) is 4.98 Å². The summed E-state index contributed by atoms with van der Waals surface area (Å²) in [6.07, 6.45) is 2.49. The molecule has 0 saturated carbocycles. The average Bonchev–Trinajstić information content (AvgIpc) is 2.46. The van der Waals surface area contributed by atoms with Crippen LogP contribution in [0.2, 0.25) is 0 Å². The van der Waals surface area contributed by atoms with E-state index in [1.54, 1.807) is 0 Å². The van der Waals surface area contributed by atoms with Crippen molar-refractivity contribution in [3.8, 4) is 5.88 Å². The van der Waals surface area contributed by atoms with Gasteiger partial charge < -0.3 is 20.7 Å². The van der Waals surface area contributed by atoms with E-state index in [-0.39, 0.29) is 0 Å². The minimum Gasteiger partial charge on any atom is -0.476 e. The van der Waals surface area contributed by atoms with Crippen LogP contribution in [0.1, 0.15) is 26.7 Å². The van der Waals surface area contributed by atoms with Crippen molar-refractivity contribution in [2.24, 2.45) is 11.8 Å². The number of likely N-dealkylation sites (tertiary alicyclic amines) is 1. The van der Waals surface area contributed by atoms with Crippen molar-refractivity contribution in [2.45, 2.75) is 26.7 Å². The van der Waals surface area contributed by atoms with Crippen LogP contribution in [0.5, 0.6) is 5.88 Å². The molecular formula is C16H28N4O. The summed E-state index contributed by atoms with van der Waals surface area (Å²) >= 11 is 0. The Kier molecular flexibility index (Phi) is 5.67. The normalized spacial score (nSPS) is 17.1. The molecule has 1 aromatic rings. The summed E-state index contributed by atoms with van der Waals surface area (Å²) in [5, 5.41) is 3.42. The molecule has 118 valence electrons. The first kappa shape index (κ1) is 15.9. The molecular weight excluding hydrogens is 264 g/mol. The van der Waals surface area contributed by atoms with Gasteiger partial charge in [-0.3, -0.25) is 0 Å². The SMILES string of the molecule is CC(C)COc1nc(NCC2CCN(C)CC2)ccc1N. The Hall–Kier alpha value is -1.49. The van der Waals surface area contributed by atoms with Crippen LogP contribution in [-0.2, 0) is 0 Å². The third kappa shape index (κ3) is 5.08. The predicted octanol–water partition coefficient (Wildman–Crippen LogP) is 2.45. The standard InChI is InChI=1S/C16H28N4O/c1-12(2)11-21-16-14(17)4-5-15(19-16)18-10-13-6-8-20(3)9-7-13/h4-5,12-13H,6-11,17H2,1-3H3,(H,18,19). The van der Waals surface area contributed by atoms with Crippen molar-refractivity contribution >= 4 is 11.5 Å². The molecule has 5 heteroatoms. The lowest BCUT2D eigenvalue weighted by molar-refractivity contribution is 0.226. The molecule has 1 aliphatic rings. The largest absolute Gasteiger partial charge is 0.476 e. The van der Waals surface area contributed by atoms with Crippen molar-refractivity contribution in [1.29, 1.82) is 0 Å². The summed E-state index contributed by atoms with van der Waals surface area (Å²) in [5.41, 5.74) is 6.51. The van der Waals surface area contributed by atoms with E-state index in [4.69, 9.17) is 10.5 Å². The quantitative estimate of drug-likeness (QED) is 0.843. The van der Waals surface area contributed by atoms with E-state index in [0.717, 1.165) is 18.3 Å². The molecule has 1 aliphatic heterocycles. The van der Waals surface area contributed by atoms with Crippen molar-refractivity contribution in [1.82, 2.24) is 9.88 Å². The maximum atomic E-state index is 5.91. The summed E-state index contributed by atoms with van der Waals surface area (Å²) in [4.78, 5) is 6.86. The molecule has 2 rings (SSSR count). The molecule has 21 heavy (non-hydrogen) atoms. The number of hydrogen-bond acceptors (Lipinski definition) is 5. The molecule has 2 heterocycles. The van der Waals surface area contributed by atoms with Gasteiger partial charge in [0.2, 0.25) is 5.88 Å². The minimum absolute atomic E-state index is 0.460. The van der Waals surface area contributed by atoms with Crippen LogP contribution < -0.4 is 15.8 Å². The lowest BCUT2D eigenvalue weighted by Crippen LogP contribution is -2.33. The fraction of sp³-hybridized carbons (Fsp3) is 0.688. The van der Waals surface area contributed by atoms with Crippen LogP contribution in [0.3, 0.4) is 0 Å². The Bertz CT molecular complexity index is 442. The number of nitrogens with zero attached hydrogens (tertiary/aromatic N) is 2. The van der Waals surface area contributed by atoms with Gasteiger partial charge in [-0.1, -0.05) is 13.8 Å². The Morgan fingerprint density at radius 2 is 2.10 bits per heavy atom. The maximum absolute atomic E-state index is 5.91. The molecule has 3 N–H and O–H groups in total. The van der Waals surface area contributed by atoms with Gasteiger partial charge >= 0.3 is 0 Å². The molecule has 0 aliphatic carbocycles. The zero-order chi connectivity index (χ0) is 15.2. The minimum atomic E-state index is 0.460. The first-order chi connectivity index (χ1) is 10.0. The fourth-order valence-electron chi connectivity index (χ4n) is 2.43. The number of nitrogens with two attached hydrogens (primary N) is 1. The Balaban J connectivity index is 1.86. The Morgan fingerprint density at radius 3 is 2.76 bits per heavy atom. The third-order valence-electron chi connectivity index (χ3n) is 3.85. The van der Waals surface area contributed by atoms with E-state index >= 15 is 0 Å². The number of nitrogens with one attached hydrogen (secondary N) is 1. The van der Waals surface area contributed by atoms with Gasteiger partial charge in [0.05, 0.1) is 12.3 Å². The fourth-order valence-corrected chi connectivity index (χ4v) is 2.43. The maximum Gasteiger partial charge on any atom is 0.239 e. The number of ether oxygens (including phenoxy) is 1. The summed E-state index contributed by atoms with van der Waals surface area (Å²) in [6.45, 7) is 8.19. The topological polar surface area (TPSA) is 63.4 Å². The molecule has 0 unspecified atom stereocenters. The zero-order valence-electron chi connectivity index (χ0n) is 13.4. The van der Waals surface area contributed by atoms with E-state index in [1.807, 2.05) is 12.1 Å². The summed E-state index contributed by atoms with van der Waals surface area (Å²) in [6, 6.07) is 3.78. The van der Waals surface area contributed by atoms with Crippen molar-refractivity contribution in [3.05, 3.63) is 12.1 Å². The van der Waals surface area contributed by atoms with Crippen molar-refractivity contribution < 1.29 is 4.74 Å². The van der Waals surface area contributed by atoms with E-state index in [0.29, 0.717) is 24.1 Å². The van der Waals surface area contributed by atoms with E-state index in [2.05, 4.69) is 36.1 Å². The highest BCUT2D eigenvalue weighted by molar-refractivity contribution is 5.53. The Labute approximate surface area is 127 Å². The van der Waals surface area contributed by atoms with Crippen LogP contribution in [0.15, 0.2) is 12.1 Å². The average molecular weight is 292 g/mol. The first-order valence-corrected chi connectivity index (χ1v) is 7.86. The van der Waals surface area contributed by atoms with Crippen LogP contribution in [-0.4, -0.2) is 43.2 Å². The molecule has 0 spiro atoms. The van der Waals surface area contributed by atoms with E-state index in [9.17, 15) is 0 Å². The Morgan fingerprint density at radius 1 is 1.38 bits per heavy atom. The van der Waals surface area contributed by atoms with Gasteiger partial charge in [-0.25, -0.2) is 0 Å². The van der Waals surface area contributed by atoms with Gasteiger partial charge in [0, 0.05) is 6.54 Å². The van der Waals surface area contributed by atoms with E-state index in [1.165, 1.54) is 25.9 Å². The van der Waals surface area contributed by atoms with Crippen LogP contribution >= 0.6 is 0 Å². The second-order valence-corrected chi connectivity index (χ2v) is 6.42. The number of piperidine rings is 1. The lowest BCUT2D eigenvalue weighted by Gasteiger charge is -2.29. The van der Waals surface area contributed by atoms with Gasteiger partial charge in [0.15, 0.2) is 0 Å². The monoisotopic (exact) mass is 292 g/mol. The van der Waals surface area contributed by atoms with Gasteiger partial charge in [-0.15, -0.1) is 0 Å². The summed E-state index contributed by atoms with van der Waals surface area (Å²) in [5.74, 6) is 2.57. The first-order valence-electron chi connectivity index (χ1n) is 7.86. The third-order valence-corrected chi connectivity index (χ3v) is 3.85. The predicted molar refractivity (Wildman–Crippen MR) is 87.7 cm³/mol. The highest BCUT2D eigenvalue weighted by Gasteiger charge is 2.16. The second-order valence-electron chi connectivity index (χ2n) is 6.42. The lowest BCUT2D eigenvalue weighted by atomic mass is 9.97.